The van der Waals surface area contributed by atoms with E-state index in [4.69, 9.17) is 10.5 Å². The van der Waals surface area contributed by atoms with E-state index in [9.17, 15) is 0 Å². The molecule has 108 valence electrons. The average Bonchev–Trinajstić information content (AvgIpc) is 2.83. The van der Waals surface area contributed by atoms with Crippen LogP contribution in [0.25, 0.3) is 10.9 Å². The standard InChI is InChI=1S/C16H17N3OS/c1-19-14-6-4-3-5-12(14)13(18-19)10-21-16-8-7-11(17)9-15(16)20-2/h3-9H,10,17H2,1-2H3. The van der Waals surface area contributed by atoms with Crippen LogP contribution in [0.15, 0.2) is 47.4 Å². The van der Waals surface area contributed by atoms with Gasteiger partial charge in [-0.1, -0.05) is 18.2 Å². The summed E-state index contributed by atoms with van der Waals surface area (Å²) in [5.41, 5.74) is 8.72. The van der Waals surface area contributed by atoms with Crippen LogP contribution in [-0.2, 0) is 12.8 Å². The monoisotopic (exact) mass is 299 g/mol. The molecule has 5 heteroatoms. The summed E-state index contributed by atoms with van der Waals surface area (Å²) in [4.78, 5) is 1.07. The Bertz CT molecular complexity index is 782. The van der Waals surface area contributed by atoms with E-state index in [-0.39, 0.29) is 0 Å². The van der Waals surface area contributed by atoms with Crippen molar-refractivity contribution in [2.24, 2.45) is 7.05 Å². The smallest absolute Gasteiger partial charge is 0.134 e. The summed E-state index contributed by atoms with van der Waals surface area (Å²) < 4.78 is 7.30. The highest BCUT2D eigenvalue weighted by molar-refractivity contribution is 7.98. The number of fused-ring (bicyclic) bond motifs is 1. The number of methoxy groups -OCH3 is 1. The number of aryl methyl sites for hydroxylation is 1. The molecule has 0 spiro atoms. The van der Waals surface area contributed by atoms with E-state index < -0.39 is 0 Å². The second-order valence-electron chi connectivity index (χ2n) is 4.79. The number of benzene rings is 2. The maximum absolute atomic E-state index is 5.78. The molecule has 3 aromatic rings. The summed E-state index contributed by atoms with van der Waals surface area (Å²) in [6.45, 7) is 0. The summed E-state index contributed by atoms with van der Waals surface area (Å²) in [7, 11) is 3.63. The molecule has 3 rings (SSSR count). The van der Waals surface area contributed by atoms with E-state index in [1.165, 1.54) is 5.39 Å². The summed E-state index contributed by atoms with van der Waals surface area (Å²) in [6.07, 6.45) is 0. The van der Waals surface area contributed by atoms with Gasteiger partial charge in [0.15, 0.2) is 0 Å². The normalized spacial score (nSPS) is 11.0. The van der Waals surface area contributed by atoms with Gasteiger partial charge in [0.1, 0.15) is 5.75 Å². The molecule has 0 unspecified atom stereocenters. The van der Waals surface area contributed by atoms with E-state index in [0.717, 1.165) is 27.6 Å². The zero-order valence-electron chi connectivity index (χ0n) is 12.0. The Morgan fingerprint density at radius 2 is 2.05 bits per heavy atom. The molecule has 0 bridgehead atoms. The molecule has 2 aromatic carbocycles. The highest BCUT2D eigenvalue weighted by atomic mass is 32.2. The Kier molecular flexibility index (Phi) is 3.75. The number of aromatic nitrogens is 2. The molecule has 2 N–H and O–H groups in total. The Hall–Kier alpha value is -2.14. The average molecular weight is 299 g/mol. The number of hydrogen-bond acceptors (Lipinski definition) is 4. The second kappa shape index (κ2) is 5.69. The zero-order valence-corrected chi connectivity index (χ0v) is 12.9. The van der Waals surface area contributed by atoms with Crippen LogP contribution in [0.3, 0.4) is 0 Å². The van der Waals surface area contributed by atoms with Gasteiger partial charge in [-0.05, 0) is 18.2 Å². The number of ether oxygens (including phenoxy) is 1. The van der Waals surface area contributed by atoms with Crippen LogP contribution in [0, 0.1) is 0 Å². The van der Waals surface area contributed by atoms with E-state index in [1.807, 2.05) is 42.1 Å². The van der Waals surface area contributed by atoms with E-state index in [2.05, 4.69) is 17.2 Å². The van der Waals surface area contributed by atoms with Crippen molar-refractivity contribution in [1.29, 1.82) is 0 Å². The van der Waals surface area contributed by atoms with Gasteiger partial charge in [0.2, 0.25) is 0 Å². The Balaban J connectivity index is 1.87. The van der Waals surface area contributed by atoms with Gasteiger partial charge < -0.3 is 10.5 Å². The van der Waals surface area contributed by atoms with E-state index in [1.54, 1.807) is 18.9 Å². The van der Waals surface area contributed by atoms with Gasteiger partial charge in [-0.2, -0.15) is 5.10 Å². The molecule has 0 saturated heterocycles. The lowest BCUT2D eigenvalue weighted by atomic mass is 10.2. The molecule has 0 aliphatic rings. The molecule has 0 amide bonds. The van der Waals surface area contributed by atoms with Gasteiger partial charge in [-0.3, -0.25) is 4.68 Å². The van der Waals surface area contributed by atoms with Crippen molar-refractivity contribution in [2.45, 2.75) is 10.6 Å². The Labute approximate surface area is 127 Å². The van der Waals surface area contributed by atoms with Gasteiger partial charge in [-0.25, -0.2) is 0 Å². The molecule has 21 heavy (non-hydrogen) atoms. The molecule has 0 aliphatic heterocycles. The number of nitrogens with two attached hydrogens (primary N) is 1. The topological polar surface area (TPSA) is 53.1 Å². The fourth-order valence-electron chi connectivity index (χ4n) is 2.34. The Morgan fingerprint density at radius 3 is 2.86 bits per heavy atom. The lowest BCUT2D eigenvalue weighted by molar-refractivity contribution is 0.405. The molecule has 0 saturated carbocycles. The van der Waals surface area contributed by atoms with Gasteiger partial charge in [-0.15, -0.1) is 11.8 Å². The summed E-state index contributed by atoms with van der Waals surface area (Å²) in [6, 6.07) is 14.0. The van der Waals surface area contributed by atoms with Crippen LogP contribution in [0.1, 0.15) is 5.69 Å². The first-order chi connectivity index (χ1) is 10.2. The largest absolute Gasteiger partial charge is 0.496 e. The number of nitrogen functional groups attached to an aromatic ring is 1. The molecular formula is C16H17N3OS. The molecule has 0 atom stereocenters. The SMILES string of the molecule is COc1cc(N)ccc1SCc1nn(C)c2ccccc12. The van der Waals surface area contributed by atoms with Crippen LogP contribution < -0.4 is 10.5 Å². The maximum Gasteiger partial charge on any atom is 0.134 e. The summed E-state index contributed by atoms with van der Waals surface area (Å²) >= 11 is 1.71. The molecule has 4 nitrogen and oxygen atoms in total. The highest BCUT2D eigenvalue weighted by Gasteiger charge is 2.10. The zero-order chi connectivity index (χ0) is 14.8. The molecule has 0 aliphatic carbocycles. The summed E-state index contributed by atoms with van der Waals surface area (Å²) in [5, 5.41) is 5.80. The number of thioether (sulfide) groups is 1. The van der Waals surface area contributed by atoms with E-state index >= 15 is 0 Å². The van der Waals surface area contributed by atoms with Crippen LogP contribution >= 0.6 is 11.8 Å². The lowest BCUT2D eigenvalue weighted by Crippen LogP contribution is -1.92. The first-order valence-electron chi connectivity index (χ1n) is 6.66. The van der Waals surface area contributed by atoms with Crippen molar-refractivity contribution in [3.05, 3.63) is 48.2 Å². The van der Waals surface area contributed by atoms with Crippen LogP contribution in [0.4, 0.5) is 5.69 Å². The van der Waals surface area contributed by atoms with Crippen molar-refractivity contribution < 1.29 is 4.74 Å². The fraction of sp³-hybridized carbons (Fsp3) is 0.188. The predicted octanol–water partition coefficient (Wildman–Crippen LogP) is 3.46. The minimum Gasteiger partial charge on any atom is -0.496 e. The lowest BCUT2D eigenvalue weighted by Gasteiger charge is -2.08. The van der Waals surface area contributed by atoms with Crippen molar-refractivity contribution in [3.63, 3.8) is 0 Å². The molecule has 0 fully saturated rings. The summed E-state index contributed by atoms with van der Waals surface area (Å²) in [5.74, 6) is 1.60. The molecule has 0 radical (unpaired) electrons. The maximum atomic E-state index is 5.78. The minimum atomic E-state index is 0.708. The van der Waals surface area contributed by atoms with E-state index in [0.29, 0.717) is 5.69 Å². The first-order valence-corrected chi connectivity index (χ1v) is 7.64. The minimum absolute atomic E-state index is 0.708. The highest BCUT2D eigenvalue weighted by Crippen LogP contribution is 2.34. The van der Waals surface area contributed by atoms with Crippen molar-refractivity contribution in [3.8, 4) is 5.75 Å². The van der Waals surface area contributed by atoms with Gasteiger partial charge >= 0.3 is 0 Å². The van der Waals surface area contributed by atoms with Crippen LogP contribution in [-0.4, -0.2) is 16.9 Å². The molecule has 1 heterocycles. The number of rotatable bonds is 4. The first kappa shape index (κ1) is 13.8. The van der Waals surface area contributed by atoms with Crippen molar-refractivity contribution in [1.82, 2.24) is 9.78 Å². The number of nitrogens with zero attached hydrogens (tertiary/aromatic N) is 2. The van der Waals surface area contributed by atoms with Crippen LogP contribution in [0.2, 0.25) is 0 Å². The second-order valence-corrected chi connectivity index (χ2v) is 5.80. The van der Waals surface area contributed by atoms with Gasteiger partial charge in [0.05, 0.1) is 18.3 Å². The van der Waals surface area contributed by atoms with Crippen molar-refractivity contribution in [2.75, 3.05) is 12.8 Å². The number of para-hydroxylation sites is 1. The Morgan fingerprint density at radius 1 is 1.24 bits per heavy atom. The number of anilines is 1. The third kappa shape index (κ3) is 2.69. The third-order valence-electron chi connectivity index (χ3n) is 3.39. The third-order valence-corrected chi connectivity index (χ3v) is 4.45. The van der Waals surface area contributed by atoms with Crippen molar-refractivity contribution >= 4 is 28.4 Å². The van der Waals surface area contributed by atoms with Gasteiger partial charge in [0, 0.05) is 34.8 Å². The number of hydrogen-bond donors (Lipinski definition) is 1. The van der Waals surface area contributed by atoms with Crippen LogP contribution in [0.5, 0.6) is 5.75 Å². The quantitative estimate of drug-likeness (QED) is 0.592. The fourth-order valence-corrected chi connectivity index (χ4v) is 3.30. The molecular weight excluding hydrogens is 282 g/mol. The molecule has 1 aromatic heterocycles. The van der Waals surface area contributed by atoms with Gasteiger partial charge in [0.25, 0.3) is 0 Å². The predicted molar refractivity (Wildman–Crippen MR) is 87.7 cm³/mol.